The number of fused-ring (bicyclic) bond motifs is 1. The number of nitrogens with one attached hydrogen (secondary N) is 2. The van der Waals surface area contributed by atoms with E-state index in [0.29, 0.717) is 35.9 Å². The lowest BCUT2D eigenvalue weighted by molar-refractivity contribution is 0.118. The molecule has 0 radical (unpaired) electrons. The standard InChI is InChI=1S/C14H19N3O2/c1-10(2)9-19-8-7-15-14-16-12-6-4-3-5-11(12)13(18)17-14/h3-6,10H,7-9H2,1-2H3,(H2,15,16,17,18). The van der Waals surface area contributed by atoms with Gasteiger partial charge < -0.3 is 10.1 Å². The van der Waals surface area contributed by atoms with E-state index in [1.54, 1.807) is 6.07 Å². The second-order valence-corrected chi connectivity index (χ2v) is 4.83. The van der Waals surface area contributed by atoms with Gasteiger partial charge in [0.05, 0.1) is 17.5 Å². The van der Waals surface area contributed by atoms with Gasteiger partial charge in [-0.15, -0.1) is 0 Å². The molecule has 0 saturated carbocycles. The highest BCUT2D eigenvalue weighted by molar-refractivity contribution is 5.78. The first-order valence-corrected chi connectivity index (χ1v) is 6.47. The molecular formula is C14H19N3O2. The SMILES string of the molecule is CC(C)COCCNc1nc2ccccc2c(=O)[nH]1. The van der Waals surface area contributed by atoms with Crippen LogP contribution in [-0.2, 0) is 4.74 Å². The molecular weight excluding hydrogens is 242 g/mol. The first-order valence-electron chi connectivity index (χ1n) is 6.47. The number of aromatic amines is 1. The Morgan fingerprint density at radius 2 is 2.16 bits per heavy atom. The zero-order valence-corrected chi connectivity index (χ0v) is 11.3. The summed E-state index contributed by atoms with van der Waals surface area (Å²) < 4.78 is 5.45. The fourth-order valence-electron chi connectivity index (χ4n) is 1.73. The number of para-hydroxylation sites is 1. The Labute approximate surface area is 112 Å². The number of nitrogens with zero attached hydrogens (tertiary/aromatic N) is 1. The van der Waals surface area contributed by atoms with Crippen molar-refractivity contribution in [3.63, 3.8) is 0 Å². The normalized spacial score (nSPS) is 11.1. The van der Waals surface area contributed by atoms with Crippen LogP contribution < -0.4 is 10.9 Å². The zero-order valence-electron chi connectivity index (χ0n) is 11.3. The van der Waals surface area contributed by atoms with Crippen LogP contribution in [0.25, 0.3) is 10.9 Å². The minimum absolute atomic E-state index is 0.129. The van der Waals surface area contributed by atoms with Gasteiger partial charge in [-0.1, -0.05) is 26.0 Å². The second kappa shape index (κ2) is 6.33. The van der Waals surface area contributed by atoms with Crippen LogP contribution in [0.1, 0.15) is 13.8 Å². The predicted molar refractivity (Wildman–Crippen MR) is 76.5 cm³/mol. The van der Waals surface area contributed by atoms with Gasteiger partial charge in [-0.05, 0) is 18.1 Å². The molecule has 102 valence electrons. The van der Waals surface area contributed by atoms with Gasteiger partial charge in [0.2, 0.25) is 5.95 Å². The average Bonchev–Trinajstić information content (AvgIpc) is 2.38. The lowest BCUT2D eigenvalue weighted by atomic mass is 10.2. The van der Waals surface area contributed by atoms with Crippen molar-refractivity contribution in [2.24, 2.45) is 5.92 Å². The molecule has 1 heterocycles. The number of rotatable bonds is 6. The molecule has 19 heavy (non-hydrogen) atoms. The molecule has 0 fully saturated rings. The van der Waals surface area contributed by atoms with Gasteiger partial charge in [0.1, 0.15) is 0 Å². The Kier molecular flexibility index (Phi) is 4.52. The molecule has 5 heteroatoms. The number of H-pyrrole nitrogens is 1. The van der Waals surface area contributed by atoms with Crippen molar-refractivity contribution in [2.75, 3.05) is 25.1 Å². The summed E-state index contributed by atoms with van der Waals surface area (Å²) in [6.07, 6.45) is 0. The van der Waals surface area contributed by atoms with E-state index in [1.165, 1.54) is 0 Å². The molecule has 0 aliphatic carbocycles. The van der Waals surface area contributed by atoms with Gasteiger partial charge in [-0.3, -0.25) is 9.78 Å². The molecule has 2 aromatic rings. The maximum absolute atomic E-state index is 11.8. The Bertz CT molecular complexity index is 593. The van der Waals surface area contributed by atoms with Crippen LogP contribution in [0.4, 0.5) is 5.95 Å². The van der Waals surface area contributed by atoms with Crippen molar-refractivity contribution in [1.29, 1.82) is 0 Å². The molecule has 0 aliphatic rings. The van der Waals surface area contributed by atoms with Crippen molar-refractivity contribution in [3.8, 4) is 0 Å². The van der Waals surface area contributed by atoms with Gasteiger partial charge >= 0.3 is 0 Å². The largest absolute Gasteiger partial charge is 0.379 e. The number of anilines is 1. The first-order chi connectivity index (χ1) is 9.16. The Morgan fingerprint density at radius 1 is 1.37 bits per heavy atom. The van der Waals surface area contributed by atoms with E-state index in [1.807, 2.05) is 18.2 Å². The molecule has 0 aliphatic heterocycles. The molecule has 2 N–H and O–H groups in total. The minimum Gasteiger partial charge on any atom is -0.379 e. The van der Waals surface area contributed by atoms with E-state index in [2.05, 4.69) is 29.1 Å². The van der Waals surface area contributed by atoms with Gasteiger partial charge in [0.15, 0.2) is 0 Å². The average molecular weight is 261 g/mol. The summed E-state index contributed by atoms with van der Waals surface area (Å²) >= 11 is 0. The quantitative estimate of drug-likeness (QED) is 0.781. The summed E-state index contributed by atoms with van der Waals surface area (Å²) in [7, 11) is 0. The maximum atomic E-state index is 11.8. The third-order valence-corrected chi connectivity index (χ3v) is 2.60. The second-order valence-electron chi connectivity index (χ2n) is 4.83. The number of hydrogen-bond acceptors (Lipinski definition) is 4. The van der Waals surface area contributed by atoms with Gasteiger partial charge in [0, 0.05) is 13.2 Å². The van der Waals surface area contributed by atoms with Crippen molar-refractivity contribution in [3.05, 3.63) is 34.6 Å². The zero-order chi connectivity index (χ0) is 13.7. The van der Waals surface area contributed by atoms with Crippen LogP contribution in [0.5, 0.6) is 0 Å². The van der Waals surface area contributed by atoms with Crippen LogP contribution in [0.15, 0.2) is 29.1 Å². The van der Waals surface area contributed by atoms with Gasteiger partial charge in [-0.2, -0.15) is 0 Å². The number of ether oxygens (including phenoxy) is 1. The molecule has 0 unspecified atom stereocenters. The first kappa shape index (κ1) is 13.5. The Hall–Kier alpha value is -1.88. The van der Waals surface area contributed by atoms with E-state index < -0.39 is 0 Å². The van der Waals surface area contributed by atoms with Crippen molar-refractivity contribution in [1.82, 2.24) is 9.97 Å². The van der Waals surface area contributed by atoms with Gasteiger partial charge in [0.25, 0.3) is 5.56 Å². The third-order valence-electron chi connectivity index (χ3n) is 2.60. The van der Waals surface area contributed by atoms with Crippen LogP contribution in [0.2, 0.25) is 0 Å². The lowest BCUT2D eigenvalue weighted by Crippen LogP contribution is -2.17. The number of benzene rings is 1. The van der Waals surface area contributed by atoms with Gasteiger partial charge in [-0.25, -0.2) is 4.98 Å². The van der Waals surface area contributed by atoms with Crippen molar-refractivity contribution < 1.29 is 4.74 Å². The summed E-state index contributed by atoms with van der Waals surface area (Å²) in [5.74, 6) is 1.01. The van der Waals surface area contributed by atoms with Crippen LogP contribution in [0, 0.1) is 5.92 Å². The van der Waals surface area contributed by atoms with E-state index in [4.69, 9.17) is 4.74 Å². The highest BCUT2D eigenvalue weighted by Gasteiger charge is 2.02. The summed E-state index contributed by atoms with van der Waals surface area (Å²) in [5, 5.41) is 3.66. The smallest absolute Gasteiger partial charge is 0.260 e. The molecule has 0 spiro atoms. The molecule has 0 amide bonds. The van der Waals surface area contributed by atoms with E-state index in [9.17, 15) is 4.79 Å². The molecule has 2 rings (SSSR count). The lowest BCUT2D eigenvalue weighted by Gasteiger charge is -2.08. The summed E-state index contributed by atoms with van der Waals surface area (Å²) in [6.45, 7) is 6.16. The minimum atomic E-state index is -0.129. The van der Waals surface area contributed by atoms with E-state index in [-0.39, 0.29) is 5.56 Å². The summed E-state index contributed by atoms with van der Waals surface area (Å²) in [5.41, 5.74) is 0.563. The van der Waals surface area contributed by atoms with Crippen LogP contribution in [0.3, 0.4) is 0 Å². The molecule has 5 nitrogen and oxygen atoms in total. The molecule has 0 atom stereocenters. The Balaban J connectivity index is 1.96. The Morgan fingerprint density at radius 3 is 2.95 bits per heavy atom. The molecule has 1 aromatic heterocycles. The number of hydrogen-bond donors (Lipinski definition) is 2. The monoisotopic (exact) mass is 261 g/mol. The molecule has 0 saturated heterocycles. The van der Waals surface area contributed by atoms with E-state index in [0.717, 1.165) is 6.61 Å². The summed E-state index contributed by atoms with van der Waals surface area (Å²) in [6, 6.07) is 7.28. The third kappa shape index (κ3) is 3.79. The maximum Gasteiger partial charge on any atom is 0.260 e. The molecule has 1 aromatic carbocycles. The molecule has 0 bridgehead atoms. The van der Waals surface area contributed by atoms with Crippen LogP contribution in [-0.4, -0.2) is 29.7 Å². The van der Waals surface area contributed by atoms with E-state index >= 15 is 0 Å². The highest BCUT2D eigenvalue weighted by atomic mass is 16.5. The van der Waals surface area contributed by atoms with Crippen molar-refractivity contribution in [2.45, 2.75) is 13.8 Å². The highest BCUT2D eigenvalue weighted by Crippen LogP contribution is 2.07. The fourth-order valence-corrected chi connectivity index (χ4v) is 1.73. The van der Waals surface area contributed by atoms with Crippen molar-refractivity contribution >= 4 is 16.9 Å². The topological polar surface area (TPSA) is 67.0 Å². The summed E-state index contributed by atoms with van der Waals surface area (Å²) in [4.78, 5) is 18.9. The fraction of sp³-hybridized carbons (Fsp3) is 0.429. The predicted octanol–water partition coefficient (Wildman–Crippen LogP) is 2.01. The van der Waals surface area contributed by atoms with Crippen LogP contribution >= 0.6 is 0 Å². The number of aromatic nitrogens is 2.